The Hall–Kier alpha value is -2.90. The minimum absolute atomic E-state index is 0.0164. The van der Waals surface area contributed by atoms with Gasteiger partial charge in [-0.15, -0.1) is 0 Å². The van der Waals surface area contributed by atoms with Gasteiger partial charge in [-0.3, -0.25) is 14.4 Å². The molecule has 0 atom stereocenters. The topological polar surface area (TPSA) is 104 Å². The van der Waals surface area contributed by atoms with Crippen molar-refractivity contribution in [2.24, 2.45) is 5.73 Å². The Balaban J connectivity index is 1.89. The molecule has 3 rings (SSSR count). The zero-order valence-electron chi connectivity index (χ0n) is 18.6. The van der Waals surface area contributed by atoms with Crippen LogP contribution in [0.3, 0.4) is 0 Å². The predicted octanol–water partition coefficient (Wildman–Crippen LogP) is 3.87. The van der Waals surface area contributed by atoms with Gasteiger partial charge in [-0.25, -0.2) is 0 Å². The molecule has 3 N–H and O–H groups in total. The van der Waals surface area contributed by atoms with Gasteiger partial charge < -0.3 is 20.6 Å². The van der Waals surface area contributed by atoms with Crippen molar-refractivity contribution in [3.05, 3.63) is 64.2 Å². The second-order valence-corrected chi connectivity index (χ2v) is 8.72. The number of aryl methyl sites for hydroxylation is 1. The number of carbonyl (C=O) groups excluding carboxylic acids is 2. The van der Waals surface area contributed by atoms with E-state index in [4.69, 9.17) is 22.4 Å². The normalized spacial score (nSPS) is 13.8. The van der Waals surface area contributed by atoms with E-state index in [1.54, 1.807) is 17.0 Å². The van der Waals surface area contributed by atoms with Gasteiger partial charge >= 0.3 is 5.97 Å². The molecular formula is C25H30ClN3O4. The Labute approximate surface area is 199 Å². The number of amides is 2. The number of nitrogens with zero attached hydrogens (tertiary/aromatic N) is 2. The molecule has 0 saturated carbocycles. The molecule has 2 amide bonds. The first-order valence-electron chi connectivity index (χ1n) is 11.3. The number of hydrogen-bond acceptors (Lipinski definition) is 4. The monoisotopic (exact) mass is 471 g/mol. The Kier molecular flexibility index (Phi) is 8.86. The van der Waals surface area contributed by atoms with Gasteiger partial charge in [0.05, 0.1) is 24.2 Å². The predicted molar refractivity (Wildman–Crippen MR) is 128 cm³/mol. The fourth-order valence-electron chi connectivity index (χ4n) is 3.95. The second kappa shape index (κ2) is 11.8. The number of carboxylic acid groups (broad SMARTS) is 1. The number of fused-ring (bicyclic) bond motifs is 1. The highest BCUT2D eigenvalue weighted by Crippen LogP contribution is 2.29. The summed E-state index contributed by atoms with van der Waals surface area (Å²) < 4.78 is 0. The molecule has 1 aliphatic rings. The van der Waals surface area contributed by atoms with Crippen LogP contribution < -0.4 is 10.6 Å². The molecule has 0 fully saturated rings. The van der Waals surface area contributed by atoms with Crippen molar-refractivity contribution in [3.8, 4) is 0 Å². The highest BCUT2D eigenvalue weighted by atomic mass is 35.5. The molecule has 0 aliphatic carbocycles. The second-order valence-electron chi connectivity index (χ2n) is 8.28. The summed E-state index contributed by atoms with van der Waals surface area (Å²) in [6.45, 7) is 0.804. The van der Waals surface area contributed by atoms with Crippen LogP contribution in [0.25, 0.3) is 0 Å². The smallest absolute Gasteiger partial charge is 0.305 e. The van der Waals surface area contributed by atoms with Crippen molar-refractivity contribution < 1.29 is 19.5 Å². The van der Waals surface area contributed by atoms with Gasteiger partial charge in [0.2, 0.25) is 5.91 Å². The summed E-state index contributed by atoms with van der Waals surface area (Å²) in [4.78, 5) is 40.5. The molecule has 0 spiro atoms. The summed E-state index contributed by atoms with van der Waals surface area (Å²) >= 11 is 5.99. The highest BCUT2D eigenvalue weighted by Gasteiger charge is 2.32. The number of carboxylic acids is 1. The maximum Gasteiger partial charge on any atom is 0.305 e. The fourth-order valence-corrected chi connectivity index (χ4v) is 4.08. The zero-order chi connectivity index (χ0) is 23.8. The number of carbonyl (C=O) groups is 3. The first kappa shape index (κ1) is 24.7. The average Bonchev–Trinajstić information content (AvgIpc) is 2.89. The van der Waals surface area contributed by atoms with Gasteiger partial charge in [-0.2, -0.15) is 0 Å². The van der Waals surface area contributed by atoms with E-state index in [0.29, 0.717) is 29.4 Å². The third-order valence-corrected chi connectivity index (χ3v) is 6.02. The third-order valence-electron chi connectivity index (χ3n) is 5.77. The number of aliphatic carboxylic acids is 1. The van der Waals surface area contributed by atoms with E-state index in [1.807, 2.05) is 30.3 Å². The number of benzene rings is 2. The largest absolute Gasteiger partial charge is 0.481 e. The van der Waals surface area contributed by atoms with Crippen molar-refractivity contribution >= 4 is 35.1 Å². The number of halogens is 1. The van der Waals surface area contributed by atoms with E-state index in [2.05, 4.69) is 0 Å². The van der Waals surface area contributed by atoms with Crippen LogP contribution >= 0.6 is 11.6 Å². The quantitative estimate of drug-likeness (QED) is 0.484. The molecule has 33 heavy (non-hydrogen) atoms. The molecule has 0 saturated heterocycles. The van der Waals surface area contributed by atoms with Gasteiger partial charge in [-0.05, 0) is 61.2 Å². The average molecular weight is 472 g/mol. The van der Waals surface area contributed by atoms with Crippen molar-refractivity contribution in [2.75, 3.05) is 24.5 Å². The molecule has 1 aliphatic heterocycles. The number of anilines is 1. The highest BCUT2D eigenvalue weighted by molar-refractivity contribution is 6.30. The number of nitrogens with two attached hydrogens (primary N) is 1. The lowest BCUT2D eigenvalue weighted by Gasteiger charge is -2.23. The van der Waals surface area contributed by atoms with Crippen LogP contribution in [0.1, 0.15) is 53.6 Å². The molecule has 0 bridgehead atoms. The fraction of sp³-hybridized carbons (Fsp3) is 0.400. The lowest BCUT2D eigenvalue weighted by molar-refractivity contribution is -0.137. The van der Waals surface area contributed by atoms with Crippen LogP contribution in [0.5, 0.6) is 0 Å². The maximum absolute atomic E-state index is 13.3. The Bertz CT molecular complexity index is 994. The summed E-state index contributed by atoms with van der Waals surface area (Å²) in [5, 5.41) is 9.69. The van der Waals surface area contributed by atoms with E-state index in [-0.39, 0.29) is 31.3 Å². The molecule has 0 unspecified atom stereocenters. The zero-order valence-corrected chi connectivity index (χ0v) is 19.4. The van der Waals surface area contributed by atoms with E-state index in [9.17, 15) is 14.4 Å². The lowest BCUT2D eigenvalue weighted by Crippen LogP contribution is -2.40. The maximum atomic E-state index is 13.3. The first-order chi connectivity index (χ1) is 15.9. The molecule has 176 valence electrons. The van der Waals surface area contributed by atoms with Crippen LogP contribution in [-0.4, -0.2) is 47.4 Å². The summed E-state index contributed by atoms with van der Waals surface area (Å²) in [7, 11) is 0. The summed E-state index contributed by atoms with van der Waals surface area (Å²) in [5.41, 5.74) is 8.44. The van der Waals surface area contributed by atoms with Gasteiger partial charge in [0, 0.05) is 11.6 Å². The molecule has 2 aromatic rings. The minimum atomic E-state index is -1.01. The molecule has 7 nitrogen and oxygen atoms in total. The Morgan fingerprint density at radius 1 is 1.00 bits per heavy atom. The number of hydrogen-bond donors (Lipinski definition) is 2. The van der Waals surface area contributed by atoms with E-state index >= 15 is 0 Å². The van der Waals surface area contributed by atoms with Crippen molar-refractivity contribution in [1.82, 2.24) is 4.90 Å². The summed E-state index contributed by atoms with van der Waals surface area (Å²) in [5.74, 6) is -1.58. The van der Waals surface area contributed by atoms with E-state index in [0.717, 1.165) is 43.2 Å². The Morgan fingerprint density at radius 3 is 2.39 bits per heavy atom. The molecule has 8 heteroatoms. The molecule has 2 aromatic carbocycles. The van der Waals surface area contributed by atoms with Crippen LogP contribution in [0.2, 0.25) is 5.02 Å². The van der Waals surface area contributed by atoms with Gasteiger partial charge in [0.15, 0.2) is 0 Å². The minimum Gasteiger partial charge on any atom is -0.481 e. The standard InChI is InChI=1S/C25H30ClN3O4/c26-20-9-6-19(7-10-20)16-29-22-11-8-18(5-3-1-2-4-13-27)15-21(22)25(33)28(17-23(29)30)14-12-24(31)32/h6-11,15H,1-5,12-14,16-17,27H2,(H,31,32). The third kappa shape index (κ3) is 6.79. The summed E-state index contributed by atoms with van der Waals surface area (Å²) in [6, 6.07) is 12.9. The molecular weight excluding hydrogens is 442 g/mol. The van der Waals surface area contributed by atoms with Crippen molar-refractivity contribution in [1.29, 1.82) is 0 Å². The van der Waals surface area contributed by atoms with E-state index < -0.39 is 5.97 Å². The molecule has 0 aromatic heterocycles. The summed E-state index contributed by atoms with van der Waals surface area (Å²) in [6.07, 6.45) is 4.74. The number of unbranched alkanes of at least 4 members (excludes halogenated alkanes) is 3. The van der Waals surface area contributed by atoms with Crippen LogP contribution in [-0.2, 0) is 22.6 Å². The van der Waals surface area contributed by atoms with Gasteiger partial charge in [0.1, 0.15) is 6.54 Å². The van der Waals surface area contributed by atoms with Crippen LogP contribution in [0.4, 0.5) is 5.69 Å². The van der Waals surface area contributed by atoms with Crippen molar-refractivity contribution in [2.45, 2.75) is 45.1 Å². The molecule has 1 heterocycles. The van der Waals surface area contributed by atoms with Crippen molar-refractivity contribution in [3.63, 3.8) is 0 Å². The van der Waals surface area contributed by atoms with Gasteiger partial charge in [-0.1, -0.05) is 42.6 Å². The van der Waals surface area contributed by atoms with Crippen LogP contribution in [0, 0.1) is 0 Å². The molecule has 0 radical (unpaired) electrons. The SMILES string of the molecule is NCCCCCCc1ccc2c(c1)C(=O)N(CCC(=O)O)CC(=O)N2Cc1ccc(Cl)cc1. The van der Waals surface area contributed by atoms with E-state index in [1.165, 1.54) is 4.90 Å². The Morgan fingerprint density at radius 2 is 1.70 bits per heavy atom. The van der Waals surface area contributed by atoms with Gasteiger partial charge in [0.25, 0.3) is 5.91 Å². The number of rotatable bonds is 11. The van der Waals surface area contributed by atoms with Crippen LogP contribution in [0.15, 0.2) is 42.5 Å². The lowest BCUT2D eigenvalue weighted by atomic mass is 10.0. The first-order valence-corrected chi connectivity index (χ1v) is 11.7.